The quantitative estimate of drug-likeness (QED) is 0.855. The Morgan fingerprint density at radius 3 is 2.64 bits per heavy atom. The van der Waals surface area contributed by atoms with Crippen LogP contribution in [0, 0.1) is 0 Å². The van der Waals surface area contributed by atoms with Crippen molar-refractivity contribution >= 4 is 23.2 Å². The molecule has 2 N–H and O–H groups in total. The van der Waals surface area contributed by atoms with Gasteiger partial charge in [0.1, 0.15) is 5.75 Å². The molecule has 1 atom stereocenters. The predicted octanol–water partition coefficient (Wildman–Crippen LogP) is 3.64. The first-order chi connectivity index (χ1) is 10.6. The molecule has 0 saturated carbocycles. The lowest BCUT2D eigenvalue weighted by molar-refractivity contribution is -0.120. The minimum atomic E-state index is -0.0987. The predicted molar refractivity (Wildman–Crippen MR) is 89.5 cm³/mol. The standard InChI is InChI=1S/C17H19ClN2O2/c1-12(13-6-4-3-5-7-13)20-17(21)11-19-15-10-14(18)8-9-16(15)22-2/h3-10,12,19H,11H2,1-2H3,(H,20,21)/t12-/m0/s1. The largest absolute Gasteiger partial charge is 0.495 e. The zero-order chi connectivity index (χ0) is 15.9. The number of methoxy groups -OCH3 is 1. The zero-order valence-corrected chi connectivity index (χ0v) is 13.4. The van der Waals surface area contributed by atoms with Gasteiger partial charge >= 0.3 is 0 Å². The Hall–Kier alpha value is -2.20. The summed E-state index contributed by atoms with van der Waals surface area (Å²) in [5.74, 6) is 0.548. The van der Waals surface area contributed by atoms with Crippen LogP contribution in [-0.2, 0) is 4.79 Å². The van der Waals surface area contributed by atoms with E-state index in [0.29, 0.717) is 16.5 Å². The van der Waals surface area contributed by atoms with E-state index in [0.717, 1.165) is 5.56 Å². The van der Waals surface area contributed by atoms with Crippen LogP contribution in [0.3, 0.4) is 0 Å². The number of carbonyl (C=O) groups is 1. The smallest absolute Gasteiger partial charge is 0.239 e. The summed E-state index contributed by atoms with van der Waals surface area (Å²) in [6.07, 6.45) is 0. The molecule has 22 heavy (non-hydrogen) atoms. The average molecular weight is 319 g/mol. The van der Waals surface area contributed by atoms with Crippen molar-refractivity contribution in [2.75, 3.05) is 19.0 Å². The number of carbonyl (C=O) groups excluding carboxylic acids is 1. The van der Waals surface area contributed by atoms with Crippen molar-refractivity contribution in [1.82, 2.24) is 5.32 Å². The summed E-state index contributed by atoms with van der Waals surface area (Å²) in [6, 6.07) is 15.0. The van der Waals surface area contributed by atoms with Crippen LogP contribution in [0.4, 0.5) is 5.69 Å². The van der Waals surface area contributed by atoms with Gasteiger partial charge in [-0.05, 0) is 30.7 Å². The lowest BCUT2D eigenvalue weighted by atomic mass is 10.1. The van der Waals surface area contributed by atoms with Crippen molar-refractivity contribution in [3.63, 3.8) is 0 Å². The number of benzene rings is 2. The highest BCUT2D eigenvalue weighted by Gasteiger charge is 2.10. The van der Waals surface area contributed by atoms with E-state index < -0.39 is 0 Å². The van der Waals surface area contributed by atoms with Crippen molar-refractivity contribution < 1.29 is 9.53 Å². The fourth-order valence-electron chi connectivity index (χ4n) is 2.11. The van der Waals surface area contributed by atoms with E-state index in [2.05, 4.69) is 10.6 Å². The number of rotatable bonds is 6. The number of anilines is 1. The van der Waals surface area contributed by atoms with Gasteiger partial charge < -0.3 is 15.4 Å². The monoisotopic (exact) mass is 318 g/mol. The van der Waals surface area contributed by atoms with E-state index >= 15 is 0 Å². The molecule has 0 radical (unpaired) electrons. The summed E-state index contributed by atoms with van der Waals surface area (Å²) < 4.78 is 5.23. The van der Waals surface area contributed by atoms with Crippen molar-refractivity contribution in [2.24, 2.45) is 0 Å². The van der Waals surface area contributed by atoms with Crippen molar-refractivity contribution in [3.8, 4) is 5.75 Å². The molecule has 2 aromatic carbocycles. The van der Waals surface area contributed by atoms with Gasteiger partial charge in [0.25, 0.3) is 0 Å². The molecule has 0 unspecified atom stereocenters. The SMILES string of the molecule is COc1ccc(Cl)cc1NCC(=O)N[C@@H](C)c1ccccc1. The summed E-state index contributed by atoms with van der Waals surface area (Å²) in [4.78, 5) is 12.0. The van der Waals surface area contributed by atoms with E-state index in [9.17, 15) is 4.79 Å². The van der Waals surface area contributed by atoms with Crippen LogP contribution in [0.25, 0.3) is 0 Å². The summed E-state index contributed by atoms with van der Waals surface area (Å²) in [6.45, 7) is 2.10. The Morgan fingerprint density at radius 1 is 1.23 bits per heavy atom. The first-order valence-corrected chi connectivity index (χ1v) is 7.39. The molecule has 0 spiro atoms. The molecule has 0 aliphatic heterocycles. The van der Waals surface area contributed by atoms with Gasteiger partial charge in [-0.15, -0.1) is 0 Å². The summed E-state index contributed by atoms with van der Waals surface area (Å²) in [5, 5.41) is 6.57. The number of hydrogen-bond donors (Lipinski definition) is 2. The third-order valence-corrected chi connectivity index (χ3v) is 3.51. The molecule has 0 aliphatic carbocycles. The average Bonchev–Trinajstić information content (AvgIpc) is 2.54. The fraction of sp³-hybridized carbons (Fsp3) is 0.235. The minimum Gasteiger partial charge on any atom is -0.495 e. The molecule has 4 nitrogen and oxygen atoms in total. The third kappa shape index (κ3) is 4.40. The molecule has 0 bridgehead atoms. The van der Waals surface area contributed by atoms with Gasteiger partial charge in [-0.2, -0.15) is 0 Å². The Labute approximate surface area is 135 Å². The highest BCUT2D eigenvalue weighted by molar-refractivity contribution is 6.30. The number of nitrogens with one attached hydrogen (secondary N) is 2. The molecule has 1 amide bonds. The lowest BCUT2D eigenvalue weighted by Crippen LogP contribution is -2.32. The molecule has 0 saturated heterocycles. The number of halogens is 1. The Kier molecular flexibility index (Phi) is 5.67. The van der Waals surface area contributed by atoms with Gasteiger partial charge in [0, 0.05) is 5.02 Å². The molecule has 0 aromatic heterocycles. The van der Waals surface area contributed by atoms with E-state index in [1.165, 1.54) is 0 Å². The molecule has 0 heterocycles. The Bertz CT molecular complexity index is 632. The normalized spacial score (nSPS) is 11.6. The maximum Gasteiger partial charge on any atom is 0.239 e. The Morgan fingerprint density at radius 2 is 1.95 bits per heavy atom. The van der Waals surface area contributed by atoms with E-state index in [4.69, 9.17) is 16.3 Å². The van der Waals surface area contributed by atoms with Gasteiger partial charge in [-0.3, -0.25) is 4.79 Å². The first-order valence-electron chi connectivity index (χ1n) is 7.02. The van der Waals surface area contributed by atoms with E-state index in [1.807, 2.05) is 37.3 Å². The van der Waals surface area contributed by atoms with Crippen LogP contribution in [-0.4, -0.2) is 19.6 Å². The Balaban J connectivity index is 1.92. The van der Waals surface area contributed by atoms with Crippen LogP contribution in [0.5, 0.6) is 5.75 Å². The second kappa shape index (κ2) is 7.71. The van der Waals surface area contributed by atoms with E-state index in [1.54, 1.807) is 25.3 Å². The van der Waals surface area contributed by atoms with Crippen LogP contribution in [0.15, 0.2) is 48.5 Å². The van der Waals surface area contributed by atoms with Gasteiger partial charge in [0.15, 0.2) is 0 Å². The van der Waals surface area contributed by atoms with Crippen molar-refractivity contribution in [3.05, 3.63) is 59.1 Å². The maximum atomic E-state index is 12.0. The molecular weight excluding hydrogens is 300 g/mol. The van der Waals surface area contributed by atoms with Gasteiger partial charge in [-0.1, -0.05) is 41.9 Å². The molecule has 116 valence electrons. The lowest BCUT2D eigenvalue weighted by Gasteiger charge is -2.16. The number of hydrogen-bond acceptors (Lipinski definition) is 3. The molecule has 0 aliphatic rings. The third-order valence-electron chi connectivity index (χ3n) is 3.28. The summed E-state index contributed by atoms with van der Waals surface area (Å²) in [5.41, 5.74) is 1.76. The van der Waals surface area contributed by atoms with Gasteiger partial charge in [0.2, 0.25) is 5.91 Å². The number of ether oxygens (including phenoxy) is 1. The van der Waals surface area contributed by atoms with Gasteiger partial charge in [-0.25, -0.2) is 0 Å². The van der Waals surface area contributed by atoms with Gasteiger partial charge in [0.05, 0.1) is 25.4 Å². The van der Waals surface area contributed by atoms with Crippen LogP contribution in [0.2, 0.25) is 5.02 Å². The molecule has 0 fully saturated rings. The number of amides is 1. The molecule has 5 heteroatoms. The van der Waals surface area contributed by atoms with Crippen LogP contribution in [0.1, 0.15) is 18.5 Å². The fourth-order valence-corrected chi connectivity index (χ4v) is 2.28. The maximum absolute atomic E-state index is 12.0. The van der Waals surface area contributed by atoms with Crippen molar-refractivity contribution in [1.29, 1.82) is 0 Å². The first kappa shape index (κ1) is 16.2. The topological polar surface area (TPSA) is 50.4 Å². The second-order valence-electron chi connectivity index (χ2n) is 4.90. The van der Waals surface area contributed by atoms with E-state index in [-0.39, 0.29) is 18.5 Å². The summed E-state index contributed by atoms with van der Waals surface area (Å²) in [7, 11) is 1.58. The minimum absolute atomic E-state index is 0.0447. The molecule has 2 aromatic rings. The summed E-state index contributed by atoms with van der Waals surface area (Å²) >= 11 is 5.96. The second-order valence-corrected chi connectivity index (χ2v) is 5.33. The highest BCUT2D eigenvalue weighted by Crippen LogP contribution is 2.27. The highest BCUT2D eigenvalue weighted by atomic mass is 35.5. The van der Waals surface area contributed by atoms with Crippen molar-refractivity contribution in [2.45, 2.75) is 13.0 Å². The van der Waals surface area contributed by atoms with Crippen LogP contribution < -0.4 is 15.4 Å². The molecular formula is C17H19ClN2O2. The van der Waals surface area contributed by atoms with Crippen LogP contribution >= 0.6 is 11.6 Å². The zero-order valence-electron chi connectivity index (χ0n) is 12.6. The molecule has 2 rings (SSSR count).